The Kier molecular flexibility index (Phi) is 8.40. The molecule has 40 heavy (non-hydrogen) atoms. The zero-order chi connectivity index (χ0) is 27.6. The third kappa shape index (κ3) is 7.30. The van der Waals surface area contributed by atoms with Gasteiger partial charge < -0.3 is 20.9 Å². The molecule has 0 spiro atoms. The quantitative estimate of drug-likeness (QED) is 0.214. The largest absolute Gasteiger partial charge is 0.457 e. The monoisotopic (exact) mass is 522 g/mol. The average molecular weight is 523 g/mol. The summed E-state index contributed by atoms with van der Waals surface area (Å²) >= 11 is 0. The van der Waals surface area contributed by atoms with Crippen LogP contribution in [0.1, 0.15) is 0 Å². The minimum absolute atomic E-state index is 0.714. The van der Waals surface area contributed by atoms with Crippen LogP contribution in [0, 0.1) is 0 Å². The zero-order valence-corrected chi connectivity index (χ0v) is 22.0. The van der Waals surface area contributed by atoms with Crippen molar-refractivity contribution in [2.75, 3.05) is 11.5 Å². The molecule has 0 amide bonds. The van der Waals surface area contributed by atoms with E-state index in [1.165, 1.54) is 11.1 Å². The number of rotatable bonds is 6. The van der Waals surface area contributed by atoms with E-state index in [0.717, 1.165) is 34.1 Å². The third-order valence-electron chi connectivity index (χ3n) is 6.15. The van der Waals surface area contributed by atoms with E-state index in [1.54, 1.807) is 0 Å². The van der Waals surface area contributed by atoms with Crippen LogP contribution < -0.4 is 20.9 Å². The highest BCUT2D eigenvalue weighted by Crippen LogP contribution is 2.29. The van der Waals surface area contributed by atoms with Gasteiger partial charge in [-0.25, -0.2) is 0 Å². The fraction of sp³-hybridized carbons (Fsp3) is 0. The molecule has 0 bridgehead atoms. The van der Waals surface area contributed by atoms with E-state index in [-0.39, 0.29) is 0 Å². The number of nitrogens with two attached hydrogens (primary N) is 2. The van der Waals surface area contributed by atoms with Crippen LogP contribution in [0.3, 0.4) is 0 Å². The lowest BCUT2D eigenvalue weighted by Gasteiger charge is -2.09. The minimum atomic E-state index is 0.714. The van der Waals surface area contributed by atoms with Gasteiger partial charge in [0.25, 0.3) is 0 Å². The van der Waals surface area contributed by atoms with Gasteiger partial charge in [0, 0.05) is 11.4 Å². The van der Waals surface area contributed by atoms with Crippen LogP contribution in [0.5, 0.6) is 23.0 Å². The number of hydrogen-bond donors (Lipinski definition) is 2. The Hall–Kier alpha value is -5.48. The minimum Gasteiger partial charge on any atom is -0.457 e. The first kappa shape index (κ1) is 26.1. The highest BCUT2D eigenvalue weighted by atomic mass is 16.5. The second-order valence-corrected chi connectivity index (χ2v) is 9.12. The predicted molar refractivity (Wildman–Crippen MR) is 166 cm³/mol. The van der Waals surface area contributed by atoms with Crippen molar-refractivity contribution in [3.8, 4) is 45.3 Å². The molecular weight excluding hydrogens is 492 g/mol. The number of ether oxygens (including phenoxy) is 2. The molecule has 0 saturated carbocycles. The molecule has 0 aliphatic heterocycles. The van der Waals surface area contributed by atoms with Crippen molar-refractivity contribution in [2.45, 2.75) is 0 Å². The summed E-state index contributed by atoms with van der Waals surface area (Å²) in [5, 5.41) is 0. The van der Waals surface area contributed by atoms with Gasteiger partial charge in [-0.05, 0) is 95.1 Å². The van der Waals surface area contributed by atoms with Crippen LogP contribution in [0.2, 0.25) is 0 Å². The Morgan fingerprint density at radius 2 is 0.525 bits per heavy atom. The molecule has 0 aromatic heterocycles. The van der Waals surface area contributed by atoms with Crippen LogP contribution >= 0.6 is 0 Å². The van der Waals surface area contributed by atoms with Gasteiger partial charge in [0.2, 0.25) is 0 Å². The molecule has 4 N–H and O–H groups in total. The van der Waals surface area contributed by atoms with Gasteiger partial charge in [-0.3, -0.25) is 0 Å². The van der Waals surface area contributed by atoms with Gasteiger partial charge in [-0.2, -0.15) is 0 Å². The molecule has 4 heteroatoms. The van der Waals surface area contributed by atoms with Crippen molar-refractivity contribution in [3.05, 3.63) is 158 Å². The summed E-state index contributed by atoms with van der Waals surface area (Å²) in [4.78, 5) is 0. The van der Waals surface area contributed by atoms with Crippen molar-refractivity contribution < 1.29 is 9.47 Å². The zero-order valence-electron chi connectivity index (χ0n) is 22.0. The summed E-state index contributed by atoms with van der Waals surface area (Å²) in [6.07, 6.45) is 0. The number of anilines is 2. The van der Waals surface area contributed by atoms with Gasteiger partial charge >= 0.3 is 0 Å². The molecule has 6 aromatic carbocycles. The Bertz CT molecular complexity index is 1470. The van der Waals surface area contributed by atoms with Crippen LogP contribution in [-0.4, -0.2) is 0 Å². The van der Waals surface area contributed by atoms with Crippen LogP contribution in [0.25, 0.3) is 22.3 Å². The van der Waals surface area contributed by atoms with E-state index in [1.807, 2.05) is 109 Å². The molecule has 6 rings (SSSR count). The van der Waals surface area contributed by atoms with Gasteiger partial charge in [-0.1, -0.05) is 84.9 Å². The molecule has 0 heterocycles. The predicted octanol–water partition coefficient (Wildman–Crippen LogP) is 9.46. The van der Waals surface area contributed by atoms with Gasteiger partial charge in [0.05, 0.1) is 0 Å². The summed E-state index contributed by atoms with van der Waals surface area (Å²) < 4.78 is 11.7. The summed E-state index contributed by atoms with van der Waals surface area (Å²) in [6, 6.07) is 51.4. The standard InChI is InChI=1S/C24H20N2O2.C12H10/c25-19-5-13-23(14-6-19)27-21-9-1-17(2-10-21)18-3-11-22(12-4-18)28-24-15-7-20(26)8-16-24;1-3-7-11(8-4-1)12-9-5-2-6-10-12/h1-16H,25-26H2;1-10H. The average Bonchev–Trinajstić information content (AvgIpc) is 3.02. The van der Waals surface area contributed by atoms with Crippen LogP contribution in [0.4, 0.5) is 11.4 Å². The normalized spacial score (nSPS) is 10.2. The fourth-order valence-electron chi connectivity index (χ4n) is 4.04. The first-order valence-corrected chi connectivity index (χ1v) is 13.0. The van der Waals surface area contributed by atoms with E-state index in [4.69, 9.17) is 20.9 Å². The Morgan fingerprint density at radius 1 is 0.275 bits per heavy atom. The van der Waals surface area contributed by atoms with Gasteiger partial charge in [0.15, 0.2) is 0 Å². The second-order valence-electron chi connectivity index (χ2n) is 9.12. The molecule has 0 radical (unpaired) electrons. The Balaban J connectivity index is 0.000000223. The lowest BCUT2D eigenvalue weighted by Crippen LogP contribution is -1.87. The molecule has 0 fully saturated rings. The highest BCUT2D eigenvalue weighted by molar-refractivity contribution is 5.65. The fourth-order valence-corrected chi connectivity index (χ4v) is 4.04. The molecule has 0 aliphatic rings. The number of nitrogen functional groups attached to an aromatic ring is 2. The van der Waals surface area contributed by atoms with Crippen molar-refractivity contribution >= 4 is 11.4 Å². The smallest absolute Gasteiger partial charge is 0.127 e. The third-order valence-corrected chi connectivity index (χ3v) is 6.15. The van der Waals surface area contributed by atoms with Crippen molar-refractivity contribution in [1.82, 2.24) is 0 Å². The molecule has 0 saturated heterocycles. The van der Waals surface area contributed by atoms with E-state index < -0.39 is 0 Å². The van der Waals surface area contributed by atoms with Gasteiger partial charge in [0.1, 0.15) is 23.0 Å². The summed E-state index contributed by atoms with van der Waals surface area (Å²) in [7, 11) is 0. The van der Waals surface area contributed by atoms with E-state index in [9.17, 15) is 0 Å². The molecular formula is C36H30N2O2. The number of hydrogen-bond acceptors (Lipinski definition) is 4. The maximum absolute atomic E-state index is 5.83. The topological polar surface area (TPSA) is 70.5 Å². The highest BCUT2D eigenvalue weighted by Gasteiger charge is 2.03. The lowest BCUT2D eigenvalue weighted by atomic mass is 10.1. The van der Waals surface area contributed by atoms with E-state index in [0.29, 0.717) is 11.4 Å². The Morgan fingerprint density at radius 3 is 0.825 bits per heavy atom. The molecule has 0 unspecified atom stereocenters. The van der Waals surface area contributed by atoms with Crippen molar-refractivity contribution in [1.29, 1.82) is 0 Å². The lowest BCUT2D eigenvalue weighted by molar-refractivity contribution is 0.482. The van der Waals surface area contributed by atoms with Crippen molar-refractivity contribution in [2.24, 2.45) is 0 Å². The Labute approximate surface area is 235 Å². The van der Waals surface area contributed by atoms with Gasteiger partial charge in [-0.15, -0.1) is 0 Å². The maximum atomic E-state index is 5.83. The number of benzene rings is 6. The van der Waals surface area contributed by atoms with Crippen LogP contribution in [-0.2, 0) is 0 Å². The first-order valence-electron chi connectivity index (χ1n) is 13.0. The molecule has 196 valence electrons. The van der Waals surface area contributed by atoms with E-state index >= 15 is 0 Å². The summed E-state index contributed by atoms with van der Waals surface area (Å²) in [5.41, 5.74) is 17.6. The van der Waals surface area contributed by atoms with E-state index in [2.05, 4.69) is 48.5 Å². The SMILES string of the molecule is Nc1ccc(Oc2ccc(-c3ccc(Oc4ccc(N)cc4)cc3)cc2)cc1.c1ccc(-c2ccccc2)cc1. The summed E-state index contributed by atoms with van der Waals surface area (Å²) in [6.45, 7) is 0. The maximum Gasteiger partial charge on any atom is 0.127 e. The molecule has 6 aromatic rings. The second kappa shape index (κ2) is 12.9. The summed E-state index contributed by atoms with van der Waals surface area (Å²) in [5.74, 6) is 3.06. The first-order chi connectivity index (χ1) is 19.6. The van der Waals surface area contributed by atoms with Crippen LogP contribution in [0.15, 0.2) is 158 Å². The molecule has 4 nitrogen and oxygen atoms in total. The molecule has 0 atom stereocenters. The molecule has 0 aliphatic carbocycles. The van der Waals surface area contributed by atoms with Crippen molar-refractivity contribution in [3.63, 3.8) is 0 Å².